The lowest BCUT2D eigenvalue weighted by Crippen LogP contribution is -2.55. The first kappa shape index (κ1) is 27.0. The van der Waals surface area contributed by atoms with Crippen LogP contribution in [0.3, 0.4) is 0 Å². The summed E-state index contributed by atoms with van der Waals surface area (Å²) >= 11 is 0. The third-order valence-electron chi connectivity index (χ3n) is 3.03. The molecule has 16 heteroatoms. The molecule has 0 aliphatic heterocycles. The van der Waals surface area contributed by atoms with E-state index in [1.54, 1.807) is 6.92 Å². The second kappa shape index (κ2) is 10.2. The minimum atomic E-state index is -6.08. The topological polar surface area (TPSA) is 78.9 Å². The van der Waals surface area contributed by atoms with Gasteiger partial charge in [0, 0.05) is 0 Å². The van der Waals surface area contributed by atoms with Crippen LogP contribution in [0.15, 0.2) is 0 Å². The fourth-order valence-electron chi connectivity index (χ4n) is 1.76. The highest BCUT2D eigenvalue weighted by Gasteiger charge is 2.62. The molecular formula is C13H15F9O6Si. The standard InChI is InChI=1S/C13H15F9O6Si/c1-2-3-4-5-6-7-29(26-8(23)11(14,15)16,27-9(24)12(17,18)19)28-10(25)13(20,21)22/h2-7H2,1H3. The van der Waals surface area contributed by atoms with Gasteiger partial charge in [-0.25, -0.2) is 14.4 Å². The third-order valence-corrected chi connectivity index (χ3v) is 5.48. The Labute approximate surface area is 158 Å². The van der Waals surface area contributed by atoms with E-state index >= 15 is 0 Å². The molecule has 29 heavy (non-hydrogen) atoms. The summed E-state index contributed by atoms with van der Waals surface area (Å²) in [5, 5.41) is 0. The summed E-state index contributed by atoms with van der Waals surface area (Å²) in [5.41, 5.74) is 0. The zero-order valence-electron chi connectivity index (χ0n) is 14.6. The van der Waals surface area contributed by atoms with Crippen molar-refractivity contribution in [2.45, 2.75) is 63.6 Å². The maximum Gasteiger partial charge on any atom is 0.705 e. The van der Waals surface area contributed by atoms with Gasteiger partial charge in [0.25, 0.3) is 0 Å². The van der Waals surface area contributed by atoms with Crippen molar-refractivity contribution in [3.05, 3.63) is 0 Å². The fraction of sp³-hybridized carbons (Fsp3) is 0.769. The number of unbranched alkanes of at least 4 members (excludes halogenated alkanes) is 4. The second-order valence-corrected chi connectivity index (χ2v) is 7.99. The molecule has 0 bridgehead atoms. The van der Waals surface area contributed by atoms with E-state index in [-0.39, 0.29) is 6.42 Å². The number of halogens is 9. The molecule has 0 atom stereocenters. The van der Waals surface area contributed by atoms with Crippen LogP contribution in [0.1, 0.15) is 39.0 Å². The number of carbonyl (C=O) groups excluding carboxylic acids is 3. The van der Waals surface area contributed by atoms with E-state index in [1.807, 2.05) is 0 Å². The SMILES string of the molecule is CCCCCCC[Si](OC(=O)C(F)(F)F)(OC(=O)C(F)(F)F)OC(=O)C(F)(F)F. The smallest absolute Gasteiger partial charge is 0.448 e. The Hall–Kier alpha value is -2.00. The lowest BCUT2D eigenvalue weighted by molar-refractivity contribution is -0.209. The van der Waals surface area contributed by atoms with Crippen LogP contribution in [0.25, 0.3) is 0 Å². The Morgan fingerprint density at radius 1 is 0.621 bits per heavy atom. The van der Waals surface area contributed by atoms with Crippen LogP contribution in [0.5, 0.6) is 0 Å². The summed E-state index contributed by atoms with van der Waals surface area (Å²) in [7, 11) is -6.08. The van der Waals surface area contributed by atoms with Gasteiger partial charge in [-0.2, -0.15) is 39.5 Å². The molecule has 0 aliphatic carbocycles. The molecule has 0 heterocycles. The monoisotopic (exact) mass is 466 g/mol. The first-order valence-electron chi connectivity index (χ1n) is 7.85. The van der Waals surface area contributed by atoms with Crippen molar-refractivity contribution >= 4 is 26.7 Å². The lowest BCUT2D eigenvalue weighted by atomic mass is 10.2. The Balaban J connectivity index is 5.90. The van der Waals surface area contributed by atoms with Crippen LogP contribution in [-0.4, -0.2) is 45.2 Å². The predicted molar refractivity (Wildman–Crippen MR) is 75.8 cm³/mol. The molecule has 0 aliphatic rings. The molecule has 170 valence electrons. The molecule has 0 N–H and O–H groups in total. The van der Waals surface area contributed by atoms with Gasteiger partial charge in [-0.3, -0.25) is 0 Å². The van der Waals surface area contributed by atoms with Crippen molar-refractivity contribution in [1.29, 1.82) is 0 Å². The highest BCUT2D eigenvalue weighted by atomic mass is 28.4. The van der Waals surface area contributed by atoms with Crippen molar-refractivity contribution < 1.29 is 67.2 Å². The van der Waals surface area contributed by atoms with Gasteiger partial charge in [0.1, 0.15) is 0 Å². The summed E-state index contributed by atoms with van der Waals surface area (Å²) < 4.78 is 123. The molecule has 0 aromatic carbocycles. The lowest BCUT2D eigenvalue weighted by Gasteiger charge is -2.28. The summed E-state index contributed by atoms with van der Waals surface area (Å²) in [4.78, 5) is 33.1. The Morgan fingerprint density at radius 2 is 0.931 bits per heavy atom. The third kappa shape index (κ3) is 9.84. The molecule has 0 radical (unpaired) electrons. The van der Waals surface area contributed by atoms with Crippen LogP contribution in [0.4, 0.5) is 39.5 Å². The minimum absolute atomic E-state index is 0.0410. The molecule has 0 unspecified atom stereocenters. The molecule has 0 amide bonds. The predicted octanol–water partition coefficient (Wildman–Crippen LogP) is 4.21. The summed E-state index contributed by atoms with van der Waals surface area (Å²) in [6, 6.07) is -1.26. The first-order chi connectivity index (χ1) is 12.9. The van der Waals surface area contributed by atoms with E-state index in [9.17, 15) is 53.9 Å². The van der Waals surface area contributed by atoms with Gasteiger partial charge >= 0.3 is 45.2 Å². The Morgan fingerprint density at radius 3 is 1.21 bits per heavy atom. The van der Waals surface area contributed by atoms with Gasteiger partial charge in [0.05, 0.1) is 6.04 Å². The zero-order chi connectivity index (χ0) is 23.1. The van der Waals surface area contributed by atoms with Gasteiger partial charge in [-0.05, 0) is 6.42 Å². The quantitative estimate of drug-likeness (QED) is 0.288. The number of hydrogen-bond donors (Lipinski definition) is 0. The normalized spacial score (nSPS) is 13.0. The summed E-state index contributed by atoms with van der Waals surface area (Å²) in [5.74, 6) is -9.83. The van der Waals surface area contributed by atoms with Crippen LogP contribution in [0.2, 0.25) is 6.04 Å². The average molecular weight is 466 g/mol. The van der Waals surface area contributed by atoms with E-state index in [2.05, 4.69) is 13.3 Å². The molecule has 6 nitrogen and oxygen atoms in total. The molecule has 0 aromatic rings. The minimum Gasteiger partial charge on any atom is -0.448 e. The maximum absolute atomic E-state index is 12.4. The Kier molecular flexibility index (Phi) is 9.45. The highest BCUT2D eigenvalue weighted by Crippen LogP contribution is 2.31. The zero-order valence-corrected chi connectivity index (χ0v) is 15.6. The fourth-order valence-corrected chi connectivity index (χ4v) is 4.07. The van der Waals surface area contributed by atoms with Crippen LogP contribution in [-0.2, 0) is 27.7 Å². The van der Waals surface area contributed by atoms with Gasteiger partial charge in [-0.15, -0.1) is 0 Å². The molecule has 0 rings (SSSR count). The molecular weight excluding hydrogens is 451 g/mol. The number of rotatable bonds is 9. The summed E-state index contributed by atoms with van der Waals surface area (Å²) in [6.45, 7) is 1.75. The largest absolute Gasteiger partial charge is 0.705 e. The maximum atomic E-state index is 12.4. The van der Waals surface area contributed by atoms with Crippen LogP contribution in [0, 0.1) is 0 Å². The molecule has 0 saturated heterocycles. The average Bonchev–Trinajstić information content (AvgIpc) is 2.51. The van der Waals surface area contributed by atoms with E-state index in [0.29, 0.717) is 19.3 Å². The number of carbonyl (C=O) groups is 3. The Bertz CT molecular complexity index is 515. The molecule has 0 spiro atoms. The van der Waals surface area contributed by atoms with E-state index < -0.39 is 57.7 Å². The van der Waals surface area contributed by atoms with Gasteiger partial charge in [0.15, 0.2) is 0 Å². The molecule has 0 aromatic heterocycles. The van der Waals surface area contributed by atoms with Crippen molar-refractivity contribution in [3.63, 3.8) is 0 Å². The summed E-state index contributed by atoms with van der Waals surface area (Å²) in [6.07, 6.45) is -16.5. The van der Waals surface area contributed by atoms with Crippen molar-refractivity contribution in [1.82, 2.24) is 0 Å². The molecule has 0 fully saturated rings. The van der Waals surface area contributed by atoms with E-state index in [0.717, 1.165) is 0 Å². The van der Waals surface area contributed by atoms with E-state index in [1.165, 1.54) is 0 Å². The van der Waals surface area contributed by atoms with Crippen LogP contribution < -0.4 is 0 Å². The molecule has 0 saturated carbocycles. The second-order valence-electron chi connectivity index (χ2n) is 5.51. The highest BCUT2D eigenvalue weighted by molar-refractivity contribution is 6.65. The number of hydrogen-bond acceptors (Lipinski definition) is 6. The van der Waals surface area contributed by atoms with Crippen molar-refractivity contribution in [2.24, 2.45) is 0 Å². The number of alkyl halides is 9. The first-order valence-corrected chi connectivity index (χ1v) is 9.78. The van der Waals surface area contributed by atoms with Crippen LogP contribution >= 0.6 is 0 Å². The van der Waals surface area contributed by atoms with Gasteiger partial charge < -0.3 is 13.3 Å². The van der Waals surface area contributed by atoms with Gasteiger partial charge in [0.2, 0.25) is 0 Å². The van der Waals surface area contributed by atoms with Crippen molar-refractivity contribution in [2.75, 3.05) is 0 Å². The van der Waals surface area contributed by atoms with Gasteiger partial charge in [-0.1, -0.05) is 32.6 Å². The van der Waals surface area contributed by atoms with Crippen molar-refractivity contribution in [3.8, 4) is 0 Å². The van der Waals surface area contributed by atoms with E-state index in [4.69, 9.17) is 0 Å².